The van der Waals surface area contributed by atoms with Crippen molar-refractivity contribution in [2.45, 2.75) is 18.6 Å². The zero-order chi connectivity index (χ0) is 16.3. The Labute approximate surface area is 148 Å². The molecule has 24 heavy (non-hydrogen) atoms. The van der Waals surface area contributed by atoms with E-state index in [0.717, 1.165) is 18.2 Å². The molecule has 0 saturated carbocycles. The van der Waals surface area contributed by atoms with E-state index in [0.29, 0.717) is 26.2 Å². The Morgan fingerprint density at radius 2 is 1.83 bits per heavy atom. The molecule has 1 aliphatic heterocycles. The molecule has 11 heteroatoms. The van der Waals surface area contributed by atoms with Crippen LogP contribution in [0.4, 0.5) is 23.2 Å². The summed E-state index contributed by atoms with van der Waals surface area (Å²) in [7, 11) is 0. The van der Waals surface area contributed by atoms with Crippen LogP contribution in [0.15, 0.2) is 18.2 Å². The third kappa shape index (κ3) is 6.04. The lowest BCUT2D eigenvalue weighted by molar-refractivity contribution is -0.385. The van der Waals surface area contributed by atoms with Gasteiger partial charge in [-0.05, 0) is 6.07 Å². The number of hydrogen-bond acceptors (Lipinski definition) is 4. The number of benzene rings is 1. The monoisotopic (exact) mass is 393 g/mol. The van der Waals surface area contributed by atoms with E-state index in [2.05, 4.69) is 5.32 Å². The zero-order valence-corrected chi connectivity index (χ0v) is 14.0. The van der Waals surface area contributed by atoms with Crippen LogP contribution in [0.3, 0.4) is 0 Å². The van der Waals surface area contributed by atoms with Crippen molar-refractivity contribution in [2.75, 3.05) is 26.2 Å². The molecule has 5 nitrogen and oxygen atoms in total. The van der Waals surface area contributed by atoms with Crippen LogP contribution >= 0.6 is 24.8 Å². The molecule has 0 aliphatic carbocycles. The Bertz CT molecular complexity index is 555. The molecule has 1 N–H and O–H groups in total. The van der Waals surface area contributed by atoms with Gasteiger partial charge in [-0.25, -0.2) is 4.39 Å². The highest BCUT2D eigenvalue weighted by Gasteiger charge is 2.37. The molecule has 1 aromatic rings. The SMILES string of the molecule is Cl.Cl.O=[N+]([O-])c1ccc(F)c([C@H](CC(F)(F)F)N2CCNCC2)c1. The summed E-state index contributed by atoms with van der Waals surface area (Å²) in [6.45, 7) is 1.63. The van der Waals surface area contributed by atoms with E-state index in [4.69, 9.17) is 0 Å². The van der Waals surface area contributed by atoms with Crippen molar-refractivity contribution in [3.05, 3.63) is 39.7 Å². The minimum absolute atomic E-state index is 0. The Morgan fingerprint density at radius 3 is 2.33 bits per heavy atom. The molecule has 0 unspecified atom stereocenters. The van der Waals surface area contributed by atoms with Crippen LogP contribution in [-0.2, 0) is 0 Å². The van der Waals surface area contributed by atoms with Crippen LogP contribution in [0.1, 0.15) is 18.0 Å². The number of nitrogens with one attached hydrogen (secondary N) is 1. The highest BCUT2D eigenvalue weighted by molar-refractivity contribution is 5.85. The van der Waals surface area contributed by atoms with Crippen LogP contribution in [0.2, 0.25) is 0 Å². The van der Waals surface area contributed by atoms with Gasteiger partial charge in [-0.3, -0.25) is 15.0 Å². The Kier molecular flexibility index (Phi) is 8.90. The number of halogens is 6. The summed E-state index contributed by atoms with van der Waals surface area (Å²) in [6, 6.07) is 1.43. The summed E-state index contributed by atoms with van der Waals surface area (Å²) in [5.74, 6) is -0.863. The number of rotatable bonds is 4. The van der Waals surface area contributed by atoms with Crippen molar-refractivity contribution in [1.82, 2.24) is 10.2 Å². The second-order valence-corrected chi connectivity index (χ2v) is 5.08. The zero-order valence-electron chi connectivity index (χ0n) is 12.4. The Morgan fingerprint density at radius 1 is 1.25 bits per heavy atom. The van der Waals surface area contributed by atoms with Gasteiger partial charge < -0.3 is 5.32 Å². The first-order valence-corrected chi connectivity index (χ1v) is 6.73. The van der Waals surface area contributed by atoms with Crippen molar-refractivity contribution in [3.63, 3.8) is 0 Å². The fourth-order valence-electron chi connectivity index (χ4n) is 2.55. The third-order valence-corrected chi connectivity index (χ3v) is 3.57. The first kappa shape index (κ1) is 22.8. The molecule has 1 atom stereocenters. The summed E-state index contributed by atoms with van der Waals surface area (Å²) >= 11 is 0. The van der Waals surface area contributed by atoms with Gasteiger partial charge in [0.05, 0.1) is 11.3 Å². The second-order valence-electron chi connectivity index (χ2n) is 5.08. The summed E-state index contributed by atoms with van der Waals surface area (Å²) in [5.41, 5.74) is -0.702. The molecule has 1 saturated heterocycles. The van der Waals surface area contributed by atoms with E-state index in [9.17, 15) is 27.7 Å². The van der Waals surface area contributed by atoms with Gasteiger partial charge in [0.25, 0.3) is 5.69 Å². The van der Waals surface area contributed by atoms with Gasteiger partial charge in [-0.15, -0.1) is 24.8 Å². The standard InChI is InChI=1S/C13H15F4N3O2.2ClH/c14-11-2-1-9(20(21)22)7-10(11)12(8-13(15,16)17)19-5-3-18-4-6-19;;/h1-2,7,12,18H,3-6,8H2;2*1H/t12-;;/m0../s1. The first-order valence-electron chi connectivity index (χ1n) is 6.73. The maximum atomic E-state index is 14.0. The number of non-ortho nitro benzene ring substituents is 1. The van der Waals surface area contributed by atoms with Crippen LogP contribution in [0.25, 0.3) is 0 Å². The molecular formula is C13H17Cl2F4N3O2. The molecule has 1 aromatic carbocycles. The Balaban J connectivity index is 0.00000264. The van der Waals surface area contributed by atoms with E-state index in [-0.39, 0.29) is 30.4 Å². The molecule has 0 radical (unpaired) electrons. The smallest absolute Gasteiger partial charge is 0.314 e. The normalized spacial score (nSPS) is 16.7. The third-order valence-electron chi connectivity index (χ3n) is 3.57. The fourth-order valence-corrected chi connectivity index (χ4v) is 2.55. The molecule has 0 bridgehead atoms. The van der Waals surface area contributed by atoms with Gasteiger partial charge >= 0.3 is 6.18 Å². The van der Waals surface area contributed by atoms with Crippen LogP contribution in [-0.4, -0.2) is 42.2 Å². The molecule has 0 aromatic heterocycles. The molecule has 1 aliphatic rings. The van der Waals surface area contributed by atoms with E-state index < -0.39 is 35.1 Å². The van der Waals surface area contributed by atoms with Crippen molar-refractivity contribution >= 4 is 30.5 Å². The van der Waals surface area contributed by atoms with Gasteiger partial charge in [0.15, 0.2) is 0 Å². The van der Waals surface area contributed by atoms with Gasteiger partial charge in [-0.1, -0.05) is 0 Å². The topological polar surface area (TPSA) is 58.4 Å². The Hall–Kier alpha value is -1.16. The van der Waals surface area contributed by atoms with Crippen LogP contribution < -0.4 is 5.32 Å². The van der Waals surface area contributed by atoms with Crippen LogP contribution in [0, 0.1) is 15.9 Å². The lowest BCUT2D eigenvalue weighted by Gasteiger charge is -2.35. The van der Waals surface area contributed by atoms with E-state index in [1.165, 1.54) is 4.90 Å². The van der Waals surface area contributed by atoms with Crippen molar-refractivity contribution in [3.8, 4) is 0 Å². The fraction of sp³-hybridized carbons (Fsp3) is 0.538. The predicted molar refractivity (Wildman–Crippen MR) is 85.4 cm³/mol. The summed E-state index contributed by atoms with van der Waals surface area (Å²) in [6.07, 6.45) is -5.74. The summed E-state index contributed by atoms with van der Waals surface area (Å²) < 4.78 is 52.5. The lowest BCUT2D eigenvalue weighted by Crippen LogP contribution is -2.46. The molecule has 2 rings (SSSR count). The lowest BCUT2D eigenvalue weighted by atomic mass is 9.99. The number of nitro benzene ring substituents is 1. The minimum Gasteiger partial charge on any atom is -0.314 e. The summed E-state index contributed by atoms with van der Waals surface area (Å²) in [4.78, 5) is 11.5. The van der Waals surface area contributed by atoms with Gasteiger partial charge in [0, 0.05) is 49.9 Å². The quantitative estimate of drug-likeness (QED) is 0.483. The van der Waals surface area contributed by atoms with E-state index in [1.807, 2.05) is 0 Å². The van der Waals surface area contributed by atoms with Crippen molar-refractivity contribution < 1.29 is 22.5 Å². The average molecular weight is 394 g/mol. The predicted octanol–water partition coefficient (Wildman–Crippen LogP) is 3.48. The van der Waals surface area contributed by atoms with Crippen LogP contribution in [0.5, 0.6) is 0 Å². The highest BCUT2D eigenvalue weighted by Crippen LogP contribution is 2.36. The highest BCUT2D eigenvalue weighted by atomic mass is 35.5. The van der Waals surface area contributed by atoms with E-state index in [1.54, 1.807) is 0 Å². The maximum Gasteiger partial charge on any atom is 0.390 e. The second kappa shape index (κ2) is 9.36. The maximum absolute atomic E-state index is 14.0. The molecule has 1 heterocycles. The largest absolute Gasteiger partial charge is 0.390 e. The number of alkyl halides is 3. The van der Waals surface area contributed by atoms with Gasteiger partial charge in [0.2, 0.25) is 0 Å². The molecule has 0 amide bonds. The minimum atomic E-state index is -4.49. The molecule has 0 spiro atoms. The number of hydrogen-bond donors (Lipinski definition) is 1. The number of nitro groups is 1. The van der Waals surface area contributed by atoms with Gasteiger partial charge in [-0.2, -0.15) is 13.2 Å². The number of piperazine rings is 1. The summed E-state index contributed by atoms with van der Waals surface area (Å²) in [5, 5.41) is 13.8. The first-order chi connectivity index (χ1) is 10.3. The van der Waals surface area contributed by atoms with Gasteiger partial charge in [0.1, 0.15) is 5.82 Å². The van der Waals surface area contributed by atoms with E-state index >= 15 is 0 Å². The van der Waals surface area contributed by atoms with Crippen molar-refractivity contribution in [2.24, 2.45) is 0 Å². The number of nitrogens with zero attached hydrogens (tertiary/aromatic N) is 2. The average Bonchev–Trinajstić information content (AvgIpc) is 2.45. The molecule has 138 valence electrons. The molecule has 1 fully saturated rings. The molecular weight excluding hydrogens is 377 g/mol. The van der Waals surface area contributed by atoms with Crippen molar-refractivity contribution in [1.29, 1.82) is 0 Å².